The Hall–Kier alpha value is -2.99. The maximum absolute atomic E-state index is 13.1. The van der Waals surface area contributed by atoms with Gasteiger partial charge >= 0.3 is 0 Å². The number of hydrogen-bond acceptors (Lipinski definition) is 6. The molecular formula is C23H25NO5. The first-order valence-electron chi connectivity index (χ1n) is 9.62. The number of hydrogen-bond donors (Lipinski definition) is 0. The topological polar surface area (TPSA) is 57.2 Å². The summed E-state index contributed by atoms with van der Waals surface area (Å²) in [4.78, 5) is 15.3. The van der Waals surface area contributed by atoms with Crippen LogP contribution in [0.2, 0.25) is 0 Å². The number of allylic oxidation sites excluding steroid dienone is 1. The first-order valence-corrected chi connectivity index (χ1v) is 9.62. The molecule has 6 heteroatoms. The van der Waals surface area contributed by atoms with E-state index in [4.69, 9.17) is 18.9 Å². The SMILES string of the molecule is COc1ccc(/C=C2\Oc3c4c(cc(C)c3C2=O)OCN(C(C)C)C4)c(OC)c1. The van der Waals surface area contributed by atoms with Gasteiger partial charge in [0, 0.05) is 24.2 Å². The summed E-state index contributed by atoms with van der Waals surface area (Å²) in [5, 5.41) is 0. The highest BCUT2D eigenvalue weighted by Gasteiger charge is 2.35. The monoisotopic (exact) mass is 395 g/mol. The third-order valence-corrected chi connectivity index (χ3v) is 5.41. The van der Waals surface area contributed by atoms with Gasteiger partial charge in [0.25, 0.3) is 0 Å². The Kier molecular flexibility index (Phi) is 4.96. The van der Waals surface area contributed by atoms with E-state index >= 15 is 0 Å². The summed E-state index contributed by atoms with van der Waals surface area (Å²) >= 11 is 0. The number of carbonyl (C=O) groups excluding carboxylic acids is 1. The number of aryl methyl sites for hydroxylation is 1. The minimum Gasteiger partial charge on any atom is -0.497 e. The van der Waals surface area contributed by atoms with Crippen molar-refractivity contribution in [3.05, 3.63) is 52.3 Å². The van der Waals surface area contributed by atoms with Crippen LogP contribution in [0.4, 0.5) is 0 Å². The summed E-state index contributed by atoms with van der Waals surface area (Å²) in [5.74, 6) is 2.84. The highest BCUT2D eigenvalue weighted by molar-refractivity contribution is 6.16. The Morgan fingerprint density at radius 1 is 1.17 bits per heavy atom. The van der Waals surface area contributed by atoms with Crippen molar-refractivity contribution in [2.24, 2.45) is 0 Å². The zero-order chi connectivity index (χ0) is 20.7. The molecule has 0 bridgehead atoms. The van der Waals surface area contributed by atoms with Crippen LogP contribution in [0.15, 0.2) is 30.0 Å². The average molecular weight is 395 g/mol. The molecule has 29 heavy (non-hydrogen) atoms. The molecule has 2 aliphatic heterocycles. The van der Waals surface area contributed by atoms with Crippen molar-refractivity contribution in [3.8, 4) is 23.0 Å². The number of ether oxygens (including phenoxy) is 4. The predicted octanol–water partition coefficient (Wildman–Crippen LogP) is 4.19. The van der Waals surface area contributed by atoms with Gasteiger partial charge in [-0.25, -0.2) is 0 Å². The van der Waals surface area contributed by atoms with Crippen molar-refractivity contribution in [2.45, 2.75) is 33.4 Å². The number of fused-ring (bicyclic) bond motifs is 3. The Balaban J connectivity index is 1.75. The average Bonchev–Trinajstić information content (AvgIpc) is 3.05. The third-order valence-electron chi connectivity index (χ3n) is 5.41. The maximum Gasteiger partial charge on any atom is 0.232 e. The Morgan fingerprint density at radius 3 is 2.66 bits per heavy atom. The molecule has 0 saturated carbocycles. The number of ketones is 1. The van der Waals surface area contributed by atoms with Gasteiger partial charge in [-0.1, -0.05) is 0 Å². The number of nitrogens with zero attached hydrogens (tertiary/aromatic N) is 1. The van der Waals surface area contributed by atoms with Crippen molar-refractivity contribution in [1.82, 2.24) is 4.90 Å². The summed E-state index contributed by atoms with van der Waals surface area (Å²) in [6, 6.07) is 7.71. The van der Waals surface area contributed by atoms with Crippen LogP contribution in [0.25, 0.3) is 6.08 Å². The molecule has 0 N–H and O–H groups in total. The highest BCUT2D eigenvalue weighted by atomic mass is 16.5. The number of benzene rings is 2. The van der Waals surface area contributed by atoms with Gasteiger partial charge in [0.15, 0.2) is 5.76 Å². The zero-order valence-corrected chi connectivity index (χ0v) is 17.4. The molecule has 0 fully saturated rings. The van der Waals surface area contributed by atoms with Crippen molar-refractivity contribution < 1.29 is 23.7 Å². The van der Waals surface area contributed by atoms with Gasteiger partial charge in [-0.15, -0.1) is 0 Å². The molecule has 0 saturated heterocycles. The Bertz CT molecular complexity index is 1010. The van der Waals surface area contributed by atoms with E-state index in [2.05, 4.69) is 18.7 Å². The van der Waals surface area contributed by atoms with Gasteiger partial charge in [0.2, 0.25) is 5.78 Å². The highest BCUT2D eigenvalue weighted by Crippen LogP contribution is 2.44. The van der Waals surface area contributed by atoms with Crippen LogP contribution < -0.4 is 18.9 Å². The maximum atomic E-state index is 13.1. The molecule has 6 nitrogen and oxygen atoms in total. The van der Waals surface area contributed by atoms with E-state index in [0.717, 1.165) is 22.4 Å². The minimum atomic E-state index is -0.125. The van der Waals surface area contributed by atoms with Gasteiger partial charge in [-0.05, 0) is 50.6 Å². The molecule has 0 atom stereocenters. The molecule has 2 aromatic carbocycles. The molecule has 2 aromatic rings. The second-order valence-electron chi connectivity index (χ2n) is 7.54. The van der Waals surface area contributed by atoms with Crippen molar-refractivity contribution in [2.75, 3.05) is 21.0 Å². The van der Waals surface area contributed by atoms with Crippen LogP contribution in [-0.2, 0) is 6.54 Å². The summed E-state index contributed by atoms with van der Waals surface area (Å²) in [6.45, 7) is 7.37. The molecule has 0 unspecified atom stereocenters. The molecule has 152 valence electrons. The van der Waals surface area contributed by atoms with Crippen molar-refractivity contribution in [1.29, 1.82) is 0 Å². The van der Waals surface area contributed by atoms with Crippen LogP contribution in [0.5, 0.6) is 23.0 Å². The third kappa shape index (κ3) is 3.34. The van der Waals surface area contributed by atoms with Gasteiger partial charge in [0.05, 0.1) is 25.3 Å². The first-order chi connectivity index (χ1) is 13.9. The summed E-state index contributed by atoms with van der Waals surface area (Å²) < 4.78 is 22.7. The van der Waals surface area contributed by atoms with E-state index in [1.807, 2.05) is 25.1 Å². The van der Waals surface area contributed by atoms with Crippen molar-refractivity contribution >= 4 is 11.9 Å². The lowest BCUT2D eigenvalue weighted by Gasteiger charge is -2.32. The van der Waals surface area contributed by atoms with E-state index in [1.165, 1.54) is 0 Å². The van der Waals surface area contributed by atoms with E-state index < -0.39 is 0 Å². The molecule has 2 heterocycles. The van der Waals surface area contributed by atoms with Crippen LogP contribution >= 0.6 is 0 Å². The molecule has 0 spiro atoms. The quantitative estimate of drug-likeness (QED) is 0.724. The second kappa shape index (κ2) is 7.44. The number of carbonyl (C=O) groups is 1. The van der Waals surface area contributed by atoms with E-state index in [9.17, 15) is 4.79 Å². The number of rotatable bonds is 4. The lowest BCUT2D eigenvalue weighted by Crippen LogP contribution is -2.37. The predicted molar refractivity (Wildman–Crippen MR) is 110 cm³/mol. The Morgan fingerprint density at radius 2 is 1.97 bits per heavy atom. The standard InChI is InChI=1S/C23H25NO5/c1-13(2)24-11-17-19(28-12-24)8-14(3)21-22(25)20(29-23(17)21)9-15-6-7-16(26-4)10-18(15)27-5/h6-10,13H,11-12H2,1-5H3/b20-9-. The van der Waals surface area contributed by atoms with Crippen LogP contribution in [0, 0.1) is 6.92 Å². The molecule has 0 radical (unpaired) electrons. The van der Waals surface area contributed by atoms with Gasteiger partial charge in [-0.3, -0.25) is 9.69 Å². The van der Waals surface area contributed by atoms with E-state index in [-0.39, 0.29) is 11.5 Å². The van der Waals surface area contributed by atoms with Gasteiger partial charge in [-0.2, -0.15) is 0 Å². The fourth-order valence-corrected chi connectivity index (χ4v) is 3.66. The minimum absolute atomic E-state index is 0.125. The van der Waals surface area contributed by atoms with E-state index in [0.29, 0.717) is 42.1 Å². The smallest absolute Gasteiger partial charge is 0.232 e. The Labute approximate surface area is 170 Å². The fourth-order valence-electron chi connectivity index (χ4n) is 3.66. The van der Waals surface area contributed by atoms with Crippen LogP contribution in [0.1, 0.15) is 40.9 Å². The summed E-state index contributed by atoms with van der Waals surface area (Å²) in [7, 11) is 3.18. The van der Waals surface area contributed by atoms with E-state index in [1.54, 1.807) is 26.4 Å². The lowest BCUT2D eigenvalue weighted by atomic mass is 9.98. The van der Waals surface area contributed by atoms with Gasteiger partial charge in [0.1, 0.15) is 29.7 Å². The largest absolute Gasteiger partial charge is 0.497 e. The molecule has 0 aliphatic carbocycles. The summed E-state index contributed by atoms with van der Waals surface area (Å²) in [6.07, 6.45) is 1.72. The van der Waals surface area contributed by atoms with Crippen molar-refractivity contribution in [3.63, 3.8) is 0 Å². The molecular weight excluding hydrogens is 370 g/mol. The molecule has 2 aliphatic rings. The fraction of sp³-hybridized carbons (Fsp3) is 0.348. The normalized spacial score (nSPS) is 17.0. The first kappa shape index (κ1) is 19.3. The molecule has 4 rings (SSSR count). The lowest BCUT2D eigenvalue weighted by molar-refractivity contribution is 0.0673. The van der Waals surface area contributed by atoms with Gasteiger partial charge < -0.3 is 18.9 Å². The second-order valence-corrected chi connectivity index (χ2v) is 7.54. The van der Waals surface area contributed by atoms with Crippen LogP contribution in [-0.4, -0.2) is 37.7 Å². The summed E-state index contributed by atoms with van der Waals surface area (Å²) in [5.41, 5.74) is 3.13. The molecule has 0 aromatic heterocycles. The number of methoxy groups -OCH3 is 2. The molecule has 0 amide bonds. The van der Waals surface area contributed by atoms with Crippen LogP contribution in [0.3, 0.4) is 0 Å². The zero-order valence-electron chi connectivity index (χ0n) is 17.4. The number of Topliss-reactive ketones (excluding diaryl/α,β-unsaturated/α-hetero) is 1.